The van der Waals surface area contributed by atoms with Crippen LogP contribution >= 0.6 is 46.1 Å². The molecule has 106 valence electrons. The molecule has 1 aromatic rings. The Labute approximate surface area is 126 Å². The summed E-state index contributed by atoms with van der Waals surface area (Å²) in [5, 5.41) is 15.1. The van der Waals surface area contributed by atoms with Crippen LogP contribution in [0.5, 0.6) is 0 Å². The molecule has 1 heterocycles. The molecule has 7 nitrogen and oxygen atoms in total. The maximum absolute atomic E-state index is 11.3. The molecule has 19 heavy (non-hydrogen) atoms. The van der Waals surface area contributed by atoms with Crippen molar-refractivity contribution < 1.29 is 19.4 Å². The summed E-state index contributed by atoms with van der Waals surface area (Å²) in [6.07, 6.45) is -0.828. The lowest BCUT2D eigenvalue weighted by molar-refractivity contribution is -0.134. The zero-order chi connectivity index (χ0) is 14.5. The zero-order valence-electron chi connectivity index (χ0n) is 9.15. The summed E-state index contributed by atoms with van der Waals surface area (Å²) in [5.74, 6) is -0.700. The van der Waals surface area contributed by atoms with E-state index >= 15 is 0 Å². The maximum Gasteiger partial charge on any atom is 0.413 e. The summed E-state index contributed by atoms with van der Waals surface area (Å²) in [7, 11) is 0. The highest BCUT2D eigenvalue weighted by atomic mass is 35.6. The monoisotopic (exact) mass is 347 g/mol. The molecule has 1 aromatic heterocycles. The Morgan fingerprint density at radius 1 is 1.47 bits per heavy atom. The average molecular weight is 349 g/mol. The molecular formula is C8H8Cl3N3O4S. The number of nitrogens with zero attached hydrogens (tertiary/aromatic N) is 1. The first-order chi connectivity index (χ1) is 8.76. The summed E-state index contributed by atoms with van der Waals surface area (Å²) in [6, 6.07) is 0. The van der Waals surface area contributed by atoms with E-state index < -0.39 is 22.5 Å². The third-order valence-corrected chi connectivity index (χ3v) is 2.59. The number of aromatic nitrogens is 1. The van der Waals surface area contributed by atoms with Crippen molar-refractivity contribution in [3.05, 3.63) is 5.38 Å². The lowest BCUT2D eigenvalue weighted by Gasteiger charge is -2.10. The number of anilines is 2. The van der Waals surface area contributed by atoms with E-state index in [4.69, 9.17) is 39.9 Å². The molecule has 0 spiro atoms. The number of alkyl halides is 3. The summed E-state index contributed by atoms with van der Waals surface area (Å²) < 4.78 is 2.94. The number of aliphatic carboxylic acids is 1. The summed E-state index contributed by atoms with van der Waals surface area (Å²) in [5.41, 5.74) is 0. The molecule has 0 aromatic carbocycles. The van der Waals surface area contributed by atoms with Crippen molar-refractivity contribution in [2.24, 2.45) is 0 Å². The predicted molar refractivity (Wildman–Crippen MR) is 73.5 cm³/mol. The highest BCUT2D eigenvalue weighted by Crippen LogP contribution is 2.26. The number of carbonyl (C=O) groups is 2. The smallest absolute Gasteiger partial charge is 0.413 e. The first-order valence-electron chi connectivity index (χ1n) is 4.68. The van der Waals surface area contributed by atoms with Gasteiger partial charge in [0.15, 0.2) is 5.13 Å². The molecule has 11 heteroatoms. The Balaban J connectivity index is 2.40. The van der Waals surface area contributed by atoms with E-state index in [2.05, 4.69) is 20.4 Å². The summed E-state index contributed by atoms with van der Waals surface area (Å²) >= 11 is 17.3. The molecule has 0 unspecified atom stereocenters. The average Bonchev–Trinajstić information content (AvgIpc) is 2.70. The number of carbonyl (C=O) groups excluding carboxylic acids is 1. The van der Waals surface area contributed by atoms with Gasteiger partial charge in [-0.3, -0.25) is 10.1 Å². The number of amides is 1. The van der Waals surface area contributed by atoms with Crippen LogP contribution in [0.2, 0.25) is 0 Å². The van der Waals surface area contributed by atoms with Crippen LogP contribution in [0.1, 0.15) is 0 Å². The highest BCUT2D eigenvalue weighted by Gasteiger charge is 2.22. The Hall–Kier alpha value is -0.960. The van der Waals surface area contributed by atoms with E-state index in [0.29, 0.717) is 5.82 Å². The van der Waals surface area contributed by atoms with E-state index in [0.717, 1.165) is 11.3 Å². The largest absolute Gasteiger partial charge is 0.480 e. The number of carboxylic acid groups (broad SMARTS) is 1. The van der Waals surface area contributed by atoms with E-state index in [1.807, 2.05) is 0 Å². The van der Waals surface area contributed by atoms with Gasteiger partial charge >= 0.3 is 12.1 Å². The number of ether oxygens (including phenoxy) is 1. The summed E-state index contributed by atoms with van der Waals surface area (Å²) in [6.45, 7) is -0.681. The van der Waals surface area contributed by atoms with Crippen LogP contribution in [-0.2, 0) is 9.53 Å². The van der Waals surface area contributed by atoms with Gasteiger partial charge in [-0.05, 0) is 0 Å². The minimum Gasteiger partial charge on any atom is -0.480 e. The van der Waals surface area contributed by atoms with Crippen molar-refractivity contribution in [1.82, 2.24) is 4.98 Å². The second-order valence-electron chi connectivity index (χ2n) is 3.10. The van der Waals surface area contributed by atoms with Crippen LogP contribution in [0.3, 0.4) is 0 Å². The molecule has 0 bridgehead atoms. The van der Waals surface area contributed by atoms with E-state index in [9.17, 15) is 9.59 Å². The number of hydrogen-bond donors (Lipinski definition) is 3. The van der Waals surface area contributed by atoms with Crippen LogP contribution in [-0.4, -0.2) is 39.1 Å². The van der Waals surface area contributed by atoms with Crippen molar-refractivity contribution in [1.29, 1.82) is 0 Å². The summed E-state index contributed by atoms with van der Waals surface area (Å²) in [4.78, 5) is 25.5. The quantitative estimate of drug-likeness (QED) is 0.707. The number of hydrogen-bond acceptors (Lipinski definition) is 6. The molecule has 0 atom stereocenters. The molecule has 0 aliphatic rings. The Morgan fingerprint density at radius 2 is 2.16 bits per heavy atom. The third kappa shape index (κ3) is 7.26. The Morgan fingerprint density at radius 3 is 2.74 bits per heavy atom. The van der Waals surface area contributed by atoms with Gasteiger partial charge in [0.2, 0.25) is 3.79 Å². The molecule has 0 saturated carbocycles. The Kier molecular flexibility index (Phi) is 5.92. The molecule has 0 radical (unpaired) electrons. The van der Waals surface area contributed by atoms with Crippen molar-refractivity contribution in [2.45, 2.75) is 3.79 Å². The van der Waals surface area contributed by atoms with Gasteiger partial charge in [-0.1, -0.05) is 34.8 Å². The fraction of sp³-hybridized carbons (Fsp3) is 0.375. The second-order valence-corrected chi connectivity index (χ2v) is 6.48. The number of rotatable bonds is 5. The van der Waals surface area contributed by atoms with Crippen molar-refractivity contribution in [3.63, 3.8) is 0 Å². The fourth-order valence-corrected chi connectivity index (χ4v) is 1.67. The Bertz CT molecular complexity index is 462. The number of nitrogens with one attached hydrogen (secondary N) is 2. The second kappa shape index (κ2) is 6.99. The van der Waals surface area contributed by atoms with Crippen LogP contribution in [0.25, 0.3) is 0 Å². The van der Waals surface area contributed by atoms with Crippen LogP contribution in [0, 0.1) is 0 Å². The molecule has 1 amide bonds. The van der Waals surface area contributed by atoms with E-state index in [-0.39, 0.29) is 11.7 Å². The first kappa shape index (κ1) is 16.1. The SMILES string of the molecule is O=C(O)CNc1csc(NC(=O)OCC(Cl)(Cl)Cl)n1. The molecular weight excluding hydrogens is 341 g/mol. The molecule has 0 fully saturated rings. The topological polar surface area (TPSA) is 101 Å². The van der Waals surface area contributed by atoms with Crippen molar-refractivity contribution >= 4 is 69.2 Å². The molecule has 0 saturated heterocycles. The standard InChI is InChI=1S/C8H8Cl3N3O4S/c9-8(10,11)3-18-7(17)14-6-13-4(2-19-6)12-1-5(15)16/h2,12H,1,3H2,(H,15,16)(H,13,14,17). The third-order valence-electron chi connectivity index (χ3n) is 1.50. The molecule has 0 aliphatic heterocycles. The number of carboxylic acids is 1. The predicted octanol–water partition coefficient (Wildman–Crippen LogP) is 2.56. The van der Waals surface area contributed by atoms with Gasteiger partial charge in [0.05, 0.1) is 0 Å². The fourth-order valence-electron chi connectivity index (χ4n) is 0.849. The number of halogens is 3. The molecule has 0 aliphatic carbocycles. The maximum atomic E-state index is 11.3. The van der Waals surface area contributed by atoms with Gasteiger partial charge in [0.1, 0.15) is 19.0 Å². The molecule has 3 N–H and O–H groups in total. The van der Waals surface area contributed by atoms with E-state index in [1.165, 1.54) is 5.38 Å². The highest BCUT2D eigenvalue weighted by molar-refractivity contribution is 7.14. The van der Waals surface area contributed by atoms with Gasteiger partial charge in [-0.2, -0.15) is 0 Å². The normalized spacial score (nSPS) is 10.9. The van der Waals surface area contributed by atoms with Gasteiger partial charge < -0.3 is 15.2 Å². The zero-order valence-corrected chi connectivity index (χ0v) is 12.2. The van der Waals surface area contributed by atoms with Gasteiger partial charge in [-0.15, -0.1) is 11.3 Å². The van der Waals surface area contributed by atoms with Gasteiger partial charge in [0.25, 0.3) is 0 Å². The van der Waals surface area contributed by atoms with Gasteiger partial charge in [0, 0.05) is 5.38 Å². The minimum absolute atomic E-state index is 0.224. The first-order valence-corrected chi connectivity index (χ1v) is 6.69. The lowest BCUT2D eigenvalue weighted by Crippen LogP contribution is -2.21. The van der Waals surface area contributed by atoms with Crippen LogP contribution in [0.15, 0.2) is 5.38 Å². The van der Waals surface area contributed by atoms with Crippen LogP contribution < -0.4 is 10.6 Å². The van der Waals surface area contributed by atoms with Gasteiger partial charge in [-0.25, -0.2) is 9.78 Å². The lowest BCUT2D eigenvalue weighted by atomic mass is 10.6. The van der Waals surface area contributed by atoms with Crippen molar-refractivity contribution in [3.8, 4) is 0 Å². The minimum atomic E-state index is -1.69. The van der Waals surface area contributed by atoms with Crippen LogP contribution in [0.4, 0.5) is 15.7 Å². The molecule has 1 rings (SSSR count). The van der Waals surface area contributed by atoms with Crippen molar-refractivity contribution in [2.75, 3.05) is 23.8 Å². The van der Waals surface area contributed by atoms with E-state index in [1.54, 1.807) is 0 Å². The number of thiazole rings is 1.